The number of hydrogen-bond acceptors (Lipinski definition) is 2. The van der Waals surface area contributed by atoms with E-state index in [1.165, 1.54) is 9.36 Å². The predicted molar refractivity (Wildman–Crippen MR) is 181 cm³/mol. The van der Waals surface area contributed by atoms with Crippen LogP contribution in [0.5, 0.6) is 0 Å². The van der Waals surface area contributed by atoms with Crippen molar-refractivity contribution in [1.82, 2.24) is 19.6 Å². The van der Waals surface area contributed by atoms with Crippen LogP contribution in [0, 0.1) is 0 Å². The van der Waals surface area contributed by atoms with Gasteiger partial charge in [-0.1, -0.05) is 126 Å². The minimum atomic E-state index is -0.886. The van der Waals surface area contributed by atoms with Gasteiger partial charge in [-0.15, -0.1) is 0 Å². The van der Waals surface area contributed by atoms with E-state index >= 15 is 0 Å². The quantitative estimate of drug-likeness (QED) is 0.186. The second-order valence-corrected chi connectivity index (χ2v) is 11.4. The molecule has 7 rings (SSSR count). The minimum Gasteiger partial charge on any atom is -0.290 e. The lowest BCUT2D eigenvalue weighted by molar-refractivity contribution is 0.837. The molecule has 0 fully saturated rings. The molecule has 0 atom stereocenters. The molecule has 0 aliphatic heterocycles. The molecule has 6 nitrogen and oxygen atoms in total. The number of hydrogen-bond donors (Lipinski definition) is 2. The highest BCUT2D eigenvalue weighted by molar-refractivity contribution is 6.35. The highest BCUT2D eigenvalue weighted by Crippen LogP contribution is 2.41. The van der Waals surface area contributed by atoms with Gasteiger partial charge in [-0.2, -0.15) is 0 Å². The second kappa shape index (κ2) is 12.0. The normalized spacial score (nSPS) is 11.3. The average Bonchev–Trinajstić information content (AvgIpc) is 3.61. The first-order chi connectivity index (χ1) is 22.0. The zero-order valence-electron chi connectivity index (χ0n) is 23.8. The first-order valence-electron chi connectivity index (χ1n) is 14.4. The molecule has 2 heterocycles. The lowest BCUT2D eigenvalue weighted by Gasteiger charge is -2.19. The number of aromatic nitrogens is 4. The van der Waals surface area contributed by atoms with E-state index in [2.05, 4.69) is 10.2 Å². The van der Waals surface area contributed by atoms with Gasteiger partial charge < -0.3 is 0 Å². The first-order valence-corrected chi connectivity index (χ1v) is 15.1. The van der Waals surface area contributed by atoms with E-state index in [-0.39, 0.29) is 11.1 Å². The minimum absolute atomic E-state index is 0.304. The molecule has 0 saturated carbocycles. The third kappa shape index (κ3) is 5.24. The number of rotatable bonds is 7. The summed E-state index contributed by atoms with van der Waals surface area (Å²) in [7, 11) is 0. The third-order valence-electron chi connectivity index (χ3n) is 7.86. The molecule has 45 heavy (non-hydrogen) atoms. The number of nitrogens with one attached hydrogen (secondary N) is 2. The Morgan fingerprint density at radius 2 is 0.911 bits per heavy atom. The molecule has 0 aliphatic carbocycles. The molecule has 0 amide bonds. The molecule has 0 saturated heterocycles. The Hall–Kier alpha value is -5.30. The molecule has 5 aromatic carbocycles. The van der Waals surface area contributed by atoms with Crippen LogP contribution in [0.3, 0.4) is 0 Å². The number of halogens is 2. The molecule has 0 aliphatic rings. The maximum Gasteiger partial charge on any atom is 0.276 e. The van der Waals surface area contributed by atoms with Gasteiger partial charge in [0.2, 0.25) is 0 Å². The number of benzene rings is 5. The standard InChI is InChI=1S/C37H26Cl2N4O2/c38-26-21-22-29(30(39)23-26)31(32-34(24-13-5-1-6-14-24)40-42(36(32)44)27-17-9-3-10-18-27)33-35(25-15-7-2-8-16-25)41-43(37(33)45)28-19-11-4-12-20-28/h1-23,31,40-41H. The Kier molecular flexibility index (Phi) is 7.59. The maximum atomic E-state index is 14.7. The lowest BCUT2D eigenvalue weighted by Crippen LogP contribution is -2.25. The summed E-state index contributed by atoms with van der Waals surface area (Å²) in [4.78, 5) is 29.4. The largest absolute Gasteiger partial charge is 0.290 e. The molecule has 0 radical (unpaired) electrons. The zero-order valence-corrected chi connectivity index (χ0v) is 25.3. The topological polar surface area (TPSA) is 75.6 Å². The monoisotopic (exact) mass is 628 g/mol. The van der Waals surface area contributed by atoms with E-state index in [1.807, 2.05) is 121 Å². The van der Waals surface area contributed by atoms with E-state index < -0.39 is 5.92 Å². The number of nitrogens with zero attached hydrogens (tertiary/aromatic N) is 2. The molecule has 8 heteroatoms. The van der Waals surface area contributed by atoms with Crippen LogP contribution < -0.4 is 11.1 Å². The van der Waals surface area contributed by atoms with Crippen molar-refractivity contribution < 1.29 is 0 Å². The summed E-state index contributed by atoms with van der Waals surface area (Å²) in [5.74, 6) is -0.886. The summed E-state index contributed by atoms with van der Waals surface area (Å²) in [6.07, 6.45) is 0. The van der Waals surface area contributed by atoms with Crippen molar-refractivity contribution in [1.29, 1.82) is 0 Å². The Bertz CT molecular complexity index is 2080. The van der Waals surface area contributed by atoms with Gasteiger partial charge in [-0.05, 0) is 53.1 Å². The van der Waals surface area contributed by atoms with Gasteiger partial charge in [-0.25, -0.2) is 9.36 Å². The van der Waals surface area contributed by atoms with Crippen molar-refractivity contribution >= 4 is 23.2 Å². The van der Waals surface area contributed by atoms with E-state index in [9.17, 15) is 9.59 Å². The number of aromatic amines is 2. The summed E-state index contributed by atoms with van der Waals surface area (Å²) < 4.78 is 3.03. The molecule has 7 aromatic rings. The fourth-order valence-electron chi connectivity index (χ4n) is 5.79. The van der Waals surface area contributed by atoms with E-state index in [1.54, 1.807) is 18.2 Å². The highest BCUT2D eigenvalue weighted by atomic mass is 35.5. The molecular weight excluding hydrogens is 603 g/mol. The van der Waals surface area contributed by atoms with Crippen molar-refractivity contribution in [2.45, 2.75) is 5.92 Å². The van der Waals surface area contributed by atoms with Gasteiger partial charge in [0, 0.05) is 10.0 Å². The Labute approximate surface area is 268 Å². The summed E-state index contributed by atoms with van der Waals surface area (Å²) in [6, 6.07) is 43.1. The van der Waals surface area contributed by atoms with Gasteiger partial charge >= 0.3 is 0 Å². The predicted octanol–water partition coefficient (Wildman–Crippen LogP) is 8.47. The lowest BCUT2D eigenvalue weighted by atomic mass is 9.83. The average molecular weight is 630 g/mol. The molecule has 220 valence electrons. The van der Waals surface area contributed by atoms with E-state index in [4.69, 9.17) is 23.2 Å². The van der Waals surface area contributed by atoms with Crippen LogP contribution in [0.15, 0.2) is 149 Å². The van der Waals surface area contributed by atoms with Crippen LogP contribution in [0.2, 0.25) is 10.0 Å². The van der Waals surface area contributed by atoms with E-state index in [0.717, 1.165) is 11.1 Å². The van der Waals surface area contributed by atoms with Crippen molar-refractivity contribution in [3.05, 3.63) is 187 Å². The van der Waals surface area contributed by atoms with Gasteiger partial charge in [0.05, 0.1) is 39.8 Å². The summed E-state index contributed by atoms with van der Waals surface area (Å²) in [6.45, 7) is 0. The fraction of sp³-hybridized carbons (Fsp3) is 0.0270. The summed E-state index contributed by atoms with van der Waals surface area (Å²) >= 11 is 13.3. The van der Waals surface area contributed by atoms with Crippen molar-refractivity contribution in [3.63, 3.8) is 0 Å². The van der Waals surface area contributed by atoms with Crippen molar-refractivity contribution in [2.75, 3.05) is 0 Å². The summed E-state index contributed by atoms with van der Waals surface area (Å²) in [5, 5.41) is 7.52. The maximum absolute atomic E-state index is 14.7. The van der Waals surface area contributed by atoms with Crippen molar-refractivity contribution in [3.8, 4) is 33.9 Å². The molecular formula is C37H26Cl2N4O2. The van der Waals surface area contributed by atoms with Gasteiger partial charge in [0.1, 0.15) is 0 Å². The second-order valence-electron chi connectivity index (χ2n) is 10.6. The number of para-hydroxylation sites is 2. The Morgan fingerprint density at radius 1 is 0.511 bits per heavy atom. The first kappa shape index (κ1) is 28.5. The van der Waals surface area contributed by atoms with Crippen LogP contribution in [-0.4, -0.2) is 19.6 Å². The van der Waals surface area contributed by atoms with Crippen LogP contribution in [0.25, 0.3) is 33.9 Å². The van der Waals surface area contributed by atoms with Crippen LogP contribution >= 0.6 is 23.2 Å². The zero-order chi connectivity index (χ0) is 30.9. The molecule has 2 aromatic heterocycles. The SMILES string of the molecule is O=c1c(C(c2ccc(Cl)cc2Cl)c2c(-c3ccccc3)[nH]n(-c3ccccc3)c2=O)c(-c2ccccc2)[nH]n1-c1ccccc1. The van der Waals surface area contributed by atoms with Crippen molar-refractivity contribution in [2.24, 2.45) is 0 Å². The highest BCUT2D eigenvalue weighted by Gasteiger charge is 2.35. The Balaban J connectivity index is 1.62. The van der Waals surface area contributed by atoms with Crippen LogP contribution in [0.1, 0.15) is 22.6 Å². The van der Waals surface area contributed by atoms with Gasteiger partial charge in [0.25, 0.3) is 11.1 Å². The van der Waals surface area contributed by atoms with Gasteiger partial charge in [-0.3, -0.25) is 19.8 Å². The summed E-state index contributed by atoms with van der Waals surface area (Å²) in [5.41, 5.74) is 4.76. The smallest absolute Gasteiger partial charge is 0.276 e. The number of H-pyrrole nitrogens is 2. The molecule has 0 bridgehead atoms. The van der Waals surface area contributed by atoms with E-state index in [0.29, 0.717) is 49.5 Å². The Morgan fingerprint density at radius 3 is 1.31 bits per heavy atom. The molecule has 2 N–H and O–H groups in total. The molecule has 0 spiro atoms. The van der Waals surface area contributed by atoms with Crippen LogP contribution in [0.4, 0.5) is 0 Å². The van der Waals surface area contributed by atoms with Crippen LogP contribution in [-0.2, 0) is 0 Å². The fourth-order valence-corrected chi connectivity index (χ4v) is 6.31. The molecule has 0 unspecified atom stereocenters. The third-order valence-corrected chi connectivity index (χ3v) is 8.42. The van der Waals surface area contributed by atoms with Gasteiger partial charge in [0.15, 0.2) is 0 Å².